The minimum absolute atomic E-state index is 0.0186. The lowest BCUT2D eigenvalue weighted by Gasteiger charge is -2.18. The largest absolute Gasteiger partial charge is 0.508 e. The lowest BCUT2D eigenvalue weighted by Crippen LogP contribution is -2.32. The summed E-state index contributed by atoms with van der Waals surface area (Å²) in [5.41, 5.74) is 2.77. The van der Waals surface area contributed by atoms with Gasteiger partial charge < -0.3 is 24.4 Å². The molecule has 0 saturated carbocycles. The fourth-order valence-corrected chi connectivity index (χ4v) is 5.10. The van der Waals surface area contributed by atoms with E-state index in [9.17, 15) is 33.0 Å². The fraction of sp³-hybridized carbons (Fsp3) is 0.267. The van der Waals surface area contributed by atoms with E-state index in [0.29, 0.717) is 16.9 Å². The van der Waals surface area contributed by atoms with Gasteiger partial charge in [0.1, 0.15) is 30.5 Å². The number of nitrogens with zero attached hydrogens (tertiary/aromatic N) is 1. The molecule has 0 amide bonds. The van der Waals surface area contributed by atoms with Crippen molar-refractivity contribution in [3.05, 3.63) is 87.0 Å². The van der Waals surface area contributed by atoms with E-state index in [2.05, 4.69) is 0 Å². The van der Waals surface area contributed by atoms with Gasteiger partial charge in [0.05, 0.1) is 23.4 Å². The highest BCUT2D eigenvalue weighted by atomic mass is 32.1. The number of esters is 1. The van der Waals surface area contributed by atoms with Gasteiger partial charge in [-0.05, 0) is 60.0 Å². The van der Waals surface area contributed by atoms with E-state index in [-0.39, 0.29) is 42.6 Å². The molecule has 1 unspecified atom stereocenters. The molecule has 0 bridgehead atoms. The fourth-order valence-electron chi connectivity index (χ4n) is 4.14. The zero-order valence-corrected chi connectivity index (χ0v) is 23.3. The molecule has 0 aliphatic rings. The zero-order valence-electron chi connectivity index (χ0n) is 22.5. The summed E-state index contributed by atoms with van der Waals surface area (Å²) in [4.78, 5) is 24.5. The second-order valence-electron chi connectivity index (χ2n) is 9.23. The third-order valence-electron chi connectivity index (χ3n) is 6.01. The van der Waals surface area contributed by atoms with Gasteiger partial charge in [0.25, 0.3) is 0 Å². The summed E-state index contributed by atoms with van der Waals surface area (Å²) in [6.45, 7) is 0.491. The number of benzene rings is 3. The van der Waals surface area contributed by atoms with E-state index < -0.39 is 24.9 Å². The normalized spacial score (nSPS) is 12.6. The topological polar surface area (TPSA) is 107 Å². The van der Waals surface area contributed by atoms with Crippen LogP contribution in [0.4, 0.5) is 13.2 Å². The van der Waals surface area contributed by atoms with Gasteiger partial charge in [0, 0.05) is 12.5 Å². The number of phenolic OH excluding ortho intramolecular Hbond substituents is 2. The molecule has 1 aromatic heterocycles. The number of rotatable bonds is 12. The SMILES string of the molecule is CCOC(=O)C(Cc1ccc(OCCn2c(=O)sc3cc(/C=C/c4cc(O)cc(O)c4)ccc32)cc1)OCC(F)(F)F. The molecule has 4 aromatic rings. The number of hydrogen-bond acceptors (Lipinski definition) is 8. The van der Waals surface area contributed by atoms with Crippen molar-refractivity contribution in [2.75, 3.05) is 19.8 Å². The number of aromatic nitrogens is 1. The quantitative estimate of drug-likeness (QED) is 0.156. The van der Waals surface area contributed by atoms with Gasteiger partial charge in [-0.25, -0.2) is 4.79 Å². The number of ether oxygens (including phenoxy) is 3. The molecule has 1 atom stereocenters. The predicted molar refractivity (Wildman–Crippen MR) is 153 cm³/mol. The van der Waals surface area contributed by atoms with Gasteiger partial charge in [-0.3, -0.25) is 9.36 Å². The van der Waals surface area contributed by atoms with Crippen molar-refractivity contribution in [3.8, 4) is 17.2 Å². The van der Waals surface area contributed by atoms with Crippen LogP contribution in [0.25, 0.3) is 22.4 Å². The van der Waals surface area contributed by atoms with Crippen LogP contribution < -0.4 is 9.61 Å². The number of phenols is 2. The Bertz CT molecular complexity index is 1590. The van der Waals surface area contributed by atoms with Crippen molar-refractivity contribution in [2.24, 2.45) is 0 Å². The molecule has 0 radical (unpaired) electrons. The summed E-state index contributed by atoms with van der Waals surface area (Å²) in [6, 6.07) is 16.3. The summed E-state index contributed by atoms with van der Waals surface area (Å²) in [6.07, 6.45) is -2.51. The minimum Gasteiger partial charge on any atom is -0.508 e. The average molecular weight is 604 g/mol. The van der Waals surface area contributed by atoms with Crippen LogP contribution in [0.2, 0.25) is 0 Å². The summed E-state index contributed by atoms with van der Waals surface area (Å²) in [7, 11) is 0. The molecule has 0 aliphatic carbocycles. The number of hydrogen-bond donors (Lipinski definition) is 2. The Morgan fingerprint density at radius 2 is 1.69 bits per heavy atom. The molecule has 0 fully saturated rings. The number of fused-ring (bicyclic) bond motifs is 1. The van der Waals surface area contributed by atoms with Gasteiger partial charge in [0.2, 0.25) is 0 Å². The van der Waals surface area contributed by atoms with Crippen molar-refractivity contribution in [1.29, 1.82) is 0 Å². The van der Waals surface area contributed by atoms with Crippen LogP contribution in [-0.4, -0.2) is 52.9 Å². The van der Waals surface area contributed by atoms with Crippen molar-refractivity contribution in [3.63, 3.8) is 0 Å². The van der Waals surface area contributed by atoms with E-state index in [1.165, 1.54) is 18.2 Å². The monoisotopic (exact) mass is 603 g/mol. The van der Waals surface area contributed by atoms with Crippen molar-refractivity contribution < 1.29 is 42.4 Å². The molecule has 1 heterocycles. The van der Waals surface area contributed by atoms with Gasteiger partial charge in [-0.15, -0.1) is 0 Å². The van der Waals surface area contributed by atoms with Crippen LogP contribution in [0, 0.1) is 0 Å². The highest BCUT2D eigenvalue weighted by Gasteiger charge is 2.32. The van der Waals surface area contributed by atoms with E-state index in [1.54, 1.807) is 41.8 Å². The molecular formula is C30H28F3NO7S. The maximum absolute atomic E-state index is 12.6. The van der Waals surface area contributed by atoms with Gasteiger partial charge in [0.15, 0.2) is 6.10 Å². The molecule has 42 heavy (non-hydrogen) atoms. The molecule has 2 N–H and O–H groups in total. The Kier molecular flexibility index (Phi) is 9.92. The van der Waals surface area contributed by atoms with Gasteiger partial charge in [-0.2, -0.15) is 13.2 Å². The van der Waals surface area contributed by atoms with Crippen molar-refractivity contribution in [2.45, 2.75) is 32.2 Å². The van der Waals surface area contributed by atoms with E-state index >= 15 is 0 Å². The summed E-state index contributed by atoms with van der Waals surface area (Å²) in [5, 5.41) is 19.3. The third-order valence-corrected chi connectivity index (χ3v) is 6.95. The van der Waals surface area contributed by atoms with Gasteiger partial charge in [-0.1, -0.05) is 41.7 Å². The number of carbonyl (C=O) groups excluding carboxylic acids is 1. The number of aromatic hydroxyl groups is 2. The Hall–Kier alpha value is -4.29. The van der Waals surface area contributed by atoms with Crippen molar-refractivity contribution in [1.82, 2.24) is 4.57 Å². The lowest BCUT2D eigenvalue weighted by molar-refractivity contribution is -0.194. The second-order valence-corrected chi connectivity index (χ2v) is 10.2. The van der Waals surface area contributed by atoms with Crippen LogP contribution in [0.3, 0.4) is 0 Å². The van der Waals surface area contributed by atoms with Crippen LogP contribution in [0.1, 0.15) is 23.6 Å². The maximum Gasteiger partial charge on any atom is 0.411 e. The van der Waals surface area contributed by atoms with E-state index in [4.69, 9.17) is 14.2 Å². The van der Waals surface area contributed by atoms with E-state index in [1.807, 2.05) is 24.3 Å². The molecule has 0 aliphatic heterocycles. The van der Waals surface area contributed by atoms with Gasteiger partial charge >= 0.3 is 17.0 Å². The Labute approximate surface area is 242 Å². The van der Waals surface area contributed by atoms with Crippen LogP contribution in [-0.2, 0) is 27.2 Å². The predicted octanol–water partition coefficient (Wildman–Crippen LogP) is 5.78. The highest BCUT2D eigenvalue weighted by Crippen LogP contribution is 2.24. The third kappa shape index (κ3) is 8.60. The molecular weight excluding hydrogens is 575 g/mol. The maximum atomic E-state index is 12.6. The van der Waals surface area contributed by atoms with Crippen LogP contribution in [0.5, 0.6) is 17.2 Å². The minimum atomic E-state index is -4.57. The first kappa shape index (κ1) is 30.7. The van der Waals surface area contributed by atoms with E-state index in [0.717, 1.165) is 27.1 Å². The highest BCUT2D eigenvalue weighted by molar-refractivity contribution is 7.16. The summed E-state index contributed by atoms with van der Waals surface area (Å²) < 4.78 is 55.5. The Morgan fingerprint density at radius 1 is 1.00 bits per heavy atom. The molecule has 3 aromatic carbocycles. The second kappa shape index (κ2) is 13.6. The number of thiazole rings is 1. The smallest absolute Gasteiger partial charge is 0.411 e. The summed E-state index contributed by atoms with van der Waals surface area (Å²) >= 11 is 1.10. The molecule has 0 saturated heterocycles. The number of alkyl halides is 3. The Balaban J connectivity index is 1.36. The van der Waals surface area contributed by atoms with Crippen molar-refractivity contribution >= 4 is 39.7 Å². The lowest BCUT2D eigenvalue weighted by atomic mass is 10.1. The first-order chi connectivity index (χ1) is 20.0. The Morgan fingerprint density at radius 3 is 2.36 bits per heavy atom. The molecule has 0 spiro atoms. The molecule has 222 valence electrons. The van der Waals surface area contributed by atoms with Crippen LogP contribution >= 0.6 is 11.3 Å². The molecule has 12 heteroatoms. The standard InChI is InChI=1S/C30H28F3NO7S/c1-2-39-28(37)26(41-18-30(31,32)33)15-19-5-8-24(9-6-19)40-12-11-34-25-10-7-20(16-27(25)42-29(34)38)3-4-21-13-22(35)17-23(36)14-21/h3-10,13-14,16-17,26,35-36H,2,11-12,15,18H2,1H3/b4-3+. The van der Waals surface area contributed by atoms with Crippen LogP contribution in [0.15, 0.2) is 65.5 Å². The summed E-state index contributed by atoms with van der Waals surface area (Å²) in [5.74, 6) is -0.470. The average Bonchev–Trinajstić information content (AvgIpc) is 3.23. The molecule has 4 rings (SSSR count). The molecule has 8 nitrogen and oxygen atoms in total. The zero-order chi connectivity index (χ0) is 30.3. The first-order valence-corrected chi connectivity index (χ1v) is 13.7. The number of carbonyl (C=O) groups is 1. The first-order valence-electron chi connectivity index (χ1n) is 12.9. The number of halogens is 3.